The summed E-state index contributed by atoms with van der Waals surface area (Å²) in [6.45, 7) is 4.45. The summed E-state index contributed by atoms with van der Waals surface area (Å²) in [6.07, 6.45) is 0. The van der Waals surface area contributed by atoms with Gasteiger partial charge in [-0.1, -0.05) is 0 Å². The number of rotatable bonds is 5. The second-order valence-electron chi connectivity index (χ2n) is 3.96. The fourth-order valence-electron chi connectivity index (χ4n) is 1.68. The molecule has 1 rings (SSSR count). The van der Waals surface area contributed by atoms with Gasteiger partial charge in [0.05, 0.1) is 23.0 Å². The van der Waals surface area contributed by atoms with E-state index in [1.165, 1.54) is 12.1 Å². The molecule has 0 N–H and O–H groups in total. The van der Waals surface area contributed by atoms with Gasteiger partial charge in [-0.3, -0.25) is 10.1 Å². The molecule has 0 heterocycles. The van der Waals surface area contributed by atoms with E-state index in [4.69, 9.17) is 5.26 Å². The normalized spacial score (nSPS) is 11.7. The zero-order chi connectivity index (χ0) is 13.7. The largest absolute Gasteiger partial charge is 0.365 e. The summed E-state index contributed by atoms with van der Waals surface area (Å²) >= 11 is 0. The maximum absolute atomic E-state index is 13.0. The van der Waals surface area contributed by atoms with E-state index in [1.54, 1.807) is 11.8 Å². The van der Waals surface area contributed by atoms with Crippen molar-refractivity contribution in [3.8, 4) is 6.07 Å². The second-order valence-corrected chi connectivity index (χ2v) is 3.96. The molecule has 18 heavy (non-hydrogen) atoms. The van der Waals surface area contributed by atoms with E-state index in [1.807, 2.05) is 6.92 Å². The monoisotopic (exact) mass is 251 g/mol. The smallest absolute Gasteiger partial charge is 0.295 e. The van der Waals surface area contributed by atoms with Crippen molar-refractivity contribution < 1.29 is 9.31 Å². The first-order chi connectivity index (χ1) is 8.49. The van der Waals surface area contributed by atoms with Gasteiger partial charge >= 0.3 is 0 Å². The van der Waals surface area contributed by atoms with Crippen molar-refractivity contribution in [2.24, 2.45) is 5.92 Å². The standard InChI is InChI=1S/C12H14FN3O2/c1-3-15(8-9(2)7-14)11-5-4-10(13)6-12(11)16(17)18/h4-6,9H,3,8H2,1-2H3. The Morgan fingerprint density at radius 1 is 1.61 bits per heavy atom. The van der Waals surface area contributed by atoms with E-state index in [2.05, 4.69) is 6.07 Å². The van der Waals surface area contributed by atoms with Gasteiger partial charge in [0.15, 0.2) is 0 Å². The molecule has 1 aromatic rings. The summed E-state index contributed by atoms with van der Waals surface area (Å²) in [5, 5.41) is 19.7. The molecule has 0 bridgehead atoms. The number of nitrogens with zero attached hydrogens (tertiary/aromatic N) is 3. The Bertz CT molecular complexity index is 485. The number of nitro benzene ring substituents is 1. The highest BCUT2D eigenvalue weighted by Crippen LogP contribution is 2.29. The molecule has 1 unspecified atom stereocenters. The number of hydrogen-bond acceptors (Lipinski definition) is 4. The second kappa shape index (κ2) is 5.96. The maximum Gasteiger partial charge on any atom is 0.295 e. The topological polar surface area (TPSA) is 70.2 Å². The number of hydrogen-bond donors (Lipinski definition) is 0. The first kappa shape index (κ1) is 13.9. The highest BCUT2D eigenvalue weighted by molar-refractivity contribution is 5.63. The number of nitro groups is 1. The van der Waals surface area contributed by atoms with Gasteiger partial charge < -0.3 is 4.90 Å². The SMILES string of the molecule is CCN(CC(C)C#N)c1ccc(F)cc1[N+](=O)[O-]. The van der Waals surface area contributed by atoms with E-state index in [-0.39, 0.29) is 11.6 Å². The van der Waals surface area contributed by atoms with Crippen LogP contribution in [-0.2, 0) is 0 Å². The molecule has 96 valence electrons. The molecule has 0 amide bonds. The molecule has 1 atom stereocenters. The van der Waals surface area contributed by atoms with Crippen LogP contribution < -0.4 is 4.90 Å². The Hall–Kier alpha value is -2.16. The minimum atomic E-state index is -0.644. The van der Waals surface area contributed by atoms with Crippen LogP contribution >= 0.6 is 0 Å². The third kappa shape index (κ3) is 3.17. The van der Waals surface area contributed by atoms with E-state index < -0.39 is 10.7 Å². The predicted octanol–water partition coefficient (Wildman–Crippen LogP) is 2.72. The summed E-state index contributed by atoms with van der Waals surface area (Å²) in [5.74, 6) is -0.899. The molecule has 0 saturated heterocycles. The highest BCUT2D eigenvalue weighted by atomic mass is 19.1. The molecule has 0 aromatic heterocycles. The first-order valence-corrected chi connectivity index (χ1v) is 5.58. The van der Waals surface area contributed by atoms with Crippen LogP contribution in [0.25, 0.3) is 0 Å². The van der Waals surface area contributed by atoms with Gasteiger partial charge in [0.25, 0.3) is 5.69 Å². The van der Waals surface area contributed by atoms with Crippen molar-refractivity contribution in [1.82, 2.24) is 0 Å². The van der Waals surface area contributed by atoms with Gasteiger partial charge in [-0.2, -0.15) is 5.26 Å². The number of nitriles is 1. The Balaban J connectivity index is 3.13. The lowest BCUT2D eigenvalue weighted by molar-refractivity contribution is -0.384. The number of halogens is 1. The van der Waals surface area contributed by atoms with Gasteiger partial charge in [-0.15, -0.1) is 0 Å². The fraction of sp³-hybridized carbons (Fsp3) is 0.417. The molecule has 6 heteroatoms. The van der Waals surface area contributed by atoms with E-state index in [0.717, 1.165) is 6.07 Å². The molecular formula is C12H14FN3O2. The summed E-state index contributed by atoms with van der Waals surface area (Å²) in [7, 11) is 0. The van der Waals surface area contributed by atoms with E-state index in [9.17, 15) is 14.5 Å². The van der Waals surface area contributed by atoms with Crippen LogP contribution in [0, 0.1) is 33.2 Å². The molecular weight excluding hydrogens is 237 g/mol. The lowest BCUT2D eigenvalue weighted by Gasteiger charge is -2.23. The molecule has 0 radical (unpaired) electrons. The van der Waals surface area contributed by atoms with Gasteiger partial charge in [-0.25, -0.2) is 4.39 Å². The van der Waals surface area contributed by atoms with Crippen LogP contribution in [0.2, 0.25) is 0 Å². The fourth-order valence-corrected chi connectivity index (χ4v) is 1.68. The molecule has 1 aromatic carbocycles. The third-order valence-electron chi connectivity index (χ3n) is 2.57. The summed E-state index contributed by atoms with van der Waals surface area (Å²) in [4.78, 5) is 12.0. The molecule has 0 aliphatic heterocycles. The summed E-state index contributed by atoms with van der Waals surface area (Å²) in [5.41, 5.74) is 0.0630. The minimum Gasteiger partial charge on any atom is -0.365 e. The summed E-state index contributed by atoms with van der Waals surface area (Å²) < 4.78 is 13.0. The number of benzene rings is 1. The van der Waals surface area contributed by atoms with Crippen LogP contribution in [0.15, 0.2) is 18.2 Å². The van der Waals surface area contributed by atoms with Crippen LogP contribution in [0.1, 0.15) is 13.8 Å². The Morgan fingerprint density at radius 3 is 2.78 bits per heavy atom. The Morgan fingerprint density at radius 2 is 2.28 bits per heavy atom. The molecule has 0 aliphatic rings. The van der Waals surface area contributed by atoms with Gasteiger partial charge in [0.1, 0.15) is 11.5 Å². The molecule has 0 saturated carbocycles. The zero-order valence-corrected chi connectivity index (χ0v) is 10.3. The van der Waals surface area contributed by atoms with Crippen molar-refractivity contribution in [3.05, 3.63) is 34.1 Å². The summed E-state index contributed by atoms with van der Waals surface area (Å²) in [6, 6.07) is 5.53. The van der Waals surface area contributed by atoms with Crippen molar-refractivity contribution in [2.75, 3.05) is 18.0 Å². The zero-order valence-electron chi connectivity index (χ0n) is 10.3. The van der Waals surface area contributed by atoms with Crippen molar-refractivity contribution in [1.29, 1.82) is 5.26 Å². The van der Waals surface area contributed by atoms with Gasteiger partial charge in [0, 0.05) is 13.1 Å². The molecule has 0 spiro atoms. The van der Waals surface area contributed by atoms with Crippen molar-refractivity contribution >= 4 is 11.4 Å². The Labute approximate surface area is 105 Å². The van der Waals surface area contributed by atoms with Gasteiger partial charge in [0.2, 0.25) is 0 Å². The lowest BCUT2D eigenvalue weighted by Crippen LogP contribution is -2.28. The number of anilines is 1. The lowest BCUT2D eigenvalue weighted by atomic mass is 10.1. The van der Waals surface area contributed by atoms with Crippen LogP contribution in [0.5, 0.6) is 0 Å². The predicted molar refractivity (Wildman–Crippen MR) is 65.7 cm³/mol. The Kier molecular flexibility index (Phi) is 4.60. The van der Waals surface area contributed by atoms with Crippen LogP contribution in [0.4, 0.5) is 15.8 Å². The molecule has 0 fully saturated rings. The van der Waals surface area contributed by atoms with Crippen LogP contribution in [-0.4, -0.2) is 18.0 Å². The van der Waals surface area contributed by atoms with Crippen LogP contribution in [0.3, 0.4) is 0 Å². The third-order valence-corrected chi connectivity index (χ3v) is 2.57. The van der Waals surface area contributed by atoms with E-state index in [0.29, 0.717) is 18.8 Å². The van der Waals surface area contributed by atoms with E-state index >= 15 is 0 Å². The average Bonchev–Trinajstić information content (AvgIpc) is 2.35. The quantitative estimate of drug-likeness (QED) is 0.596. The first-order valence-electron chi connectivity index (χ1n) is 5.58. The van der Waals surface area contributed by atoms with Crippen molar-refractivity contribution in [3.63, 3.8) is 0 Å². The highest BCUT2D eigenvalue weighted by Gasteiger charge is 2.20. The van der Waals surface area contributed by atoms with Crippen molar-refractivity contribution in [2.45, 2.75) is 13.8 Å². The average molecular weight is 251 g/mol. The van der Waals surface area contributed by atoms with Gasteiger partial charge in [-0.05, 0) is 26.0 Å². The minimum absolute atomic E-state index is 0.255. The maximum atomic E-state index is 13.0. The molecule has 0 aliphatic carbocycles. The molecule has 5 nitrogen and oxygen atoms in total.